The number of ether oxygens (including phenoxy) is 1. The molecule has 0 spiro atoms. The topological polar surface area (TPSA) is 98.8 Å². The number of nitrogens with zero attached hydrogens (tertiary/aromatic N) is 2. The van der Waals surface area contributed by atoms with Crippen LogP contribution in [0.15, 0.2) is 56.6 Å². The second-order valence-electron chi connectivity index (χ2n) is 7.05. The second-order valence-corrected chi connectivity index (χ2v) is 8.99. The number of fused-ring (bicyclic) bond motifs is 1. The zero-order chi connectivity index (χ0) is 21.3. The molecule has 8 nitrogen and oxygen atoms in total. The smallest absolute Gasteiger partial charge is 0.420 e. The normalized spacial score (nSPS) is 15.0. The first-order chi connectivity index (χ1) is 14.4. The van der Waals surface area contributed by atoms with E-state index in [4.69, 9.17) is 9.15 Å². The first-order valence-corrected chi connectivity index (χ1v) is 11.2. The molecule has 158 valence electrons. The maximum absolute atomic E-state index is 12.8. The maximum atomic E-state index is 12.8. The number of aromatic nitrogens is 1. The van der Waals surface area contributed by atoms with Crippen LogP contribution in [0.5, 0.6) is 5.75 Å². The van der Waals surface area contributed by atoms with Gasteiger partial charge in [-0.2, -0.15) is 4.31 Å². The van der Waals surface area contributed by atoms with E-state index in [9.17, 15) is 18.0 Å². The monoisotopic (exact) mass is 430 g/mol. The Morgan fingerprint density at radius 2 is 1.87 bits per heavy atom. The molecule has 2 aromatic carbocycles. The van der Waals surface area contributed by atoms with E-state index in [0.29, 0.717) is 36.5 Å². The highest BCUT2D eigenvalue weighted by molar-refractivity contribution is 7.89. The summed E-state index contributed by atoms with van der Waals surface area (Å²) in [6.07, 6.45) is 1.66. The van der Waals surface area contributed by atoms with Crippen LogP contribution in [0.4, 0.5) is 0 Å². The van der Waals surface area contributed by atoms with E-state index in [1.54, 1.807) is 24.3 Å². The van der Waals surface area contributed by atoms with Gasteiger partial charge in [-0.3, -0.25) is 9.36 Å². The summed E-state index contributed by atoms with van der Waals surface area (Å²) in [5.41, 5.74) is 0.864. The number of benzene rings is 2. The predicted octanol–water partition coefficient (Wildman–Crippen LogP) is 2.66. The average molecular weight is 430 g/mol. The van der Waals surface area contributed by atoms with Gasteiger partial charge in [-0.25, -0.2) is 13.2 Å². The van der Waals surface area contributed by atoms with Crippen LogP contribution in [-0.2, 0) is 16.6 Å². The Balaban J connectivity index is 1.67. The summed E-state index contributed by atoms with van der Waals surface area (Å²) >= 11 is 0. The number of rotatable bonds is 7. The van der Waals surface area contributed by atoms with Crippen molar-refractivity contribution in [3.63, 3.8) is 0 Å². The molecule has 0 atom stereocenters. The Labute approximate surface area is 173 Å². The van der Waals surface area contributed by atoms with Crippen molar-refractivity contribution in [3.8, 4) is 5.75 Å². The predicted molar refractivity (Wildman–Crippen MR) is 110 cm³/mol. The van der Waals surface area contributed by atoms with Crippen LogP contribution in [-0.4, -0.2) is 42.8 Å². The number of hydrogen-bond acceptors (Lipinski definition) is 6. The van der Waals surface area contributed by atoms with Crippen LogP contribution < -0.4 is 10.5 Å². The van der Waals surface area contributed by atoms with Crippen molar-refractivity contribution in [2.45, 2.75) is 31.2 Å². The van der Waals surface area contributed by atoms with E-state index < -0.39 is 15.8 Å². The van der Waals surface area contributed by atoms with E-state index >= 15 is 0 Å². The Bertz CT molecular complexity index is 1250. The van der Waals surface area contributed by atoms with Crippen molar-refractivity contribution >= 4 is 26.9 Å². The molecular weight excluding hydrogens is 408 g/mol. The van der Waals surface area contributed by atoms with Crippen molar-refractivity contribution in [1.29, 1.82) is 0 Å². The second kappa shape index (κ2) is 8.08. The number of sulfonamides is 1. The highest BCUT2D eigenvalue weighted by Gasteiger charge is 2.28. The lowest BCUT2D eigenvalue weighted by molar-refractivity contribution is 0.0967. The summed E-state index contributed by atoms with van der Waals surface area (Å²) in [4.78, 5) is 25.3. The summed E-state index contributed by atoms with van der Waals surface area (Å²) in [6, 6.07) is 11.1. The van der Waals surface area contributed by atoms with Gasteiger partial charge >= 0.3 is 5.76 Å². The number of carbonyl (C=O) groups is 1. The fourth-order valence-corrected chi connectivity index (χ4v) is 5.17. The molecule has 1 aliphatic rings. The van der Waals surface area contributed by atoms with Gasteiger partial charge in [0.2, 0.25) is 10.0 Å². The lowest BCUT2D eigenvalue weighted by Crippen LogP contribution is -2.27. The molecule has 1 aliphatic heterocycles. The van der Waals surface area contributed by atoms with Gasteiger partial charge in [0.25, 0.3) is 0 Å². The third-order valence-corrected chi connectivity index (χ3v) is 7.03. The number of para-hydroxylation sites is 1. The minimum Gasteiger partial charge on any atom is -0.493 e. The van der Waals surface area contributed by atoms with E-state index in [0.717, 1.165) is 12.8 Å². The molecule has 0 radical (unpaired) electrons. The molecule has 4 rings (SSSR count). The lowest BCUT2D eigenvalue weighted by Gasteiger charge is -2.15. The van der Waals surface area contributed by atoms with Crippen molar-refractivity contribution in [3.05, 3.63) is 58.6 Å². The Morgan fingerprint density at radius 3 is 2.60 bits per heavy atom. The standard InChI is InChI=1S/C21H22N2O6S/c1-2-28-19-8-4-3-7-16(19)18(24)14-23-17-10-9-15(13-20(17)29-21(23)25)30(26,27)22-11-5-6-12-22/h3-4,7-10,13H,2,5-6,11-12,14H2,1H3. The Hall–Kier alpha value is -2.91. The molecule has 0 bridgehead atoms. The highest BCUT2D eigenvalue weighted by Crippen LogP contribution is 2.25. The zero-order valence-electron chi connectivity index (χ0n) is 16.5. The SMILES string of the molecule is CCOc1ccccc1C(=O)Cn1c(=O)oc2cc(S(=O)(=O)N3CCCC3)ccc21. The van der Waals surface area contributed by atoms with Crippen LogP contribution in [0, 0.1) is 0 Å². The van der Waals surface area contributed by atoms with Crippen LogP contribution in [0.1, 0.15) is 30.1 Å². The quantitative estimate of drug-likeness (QED) is 0.535. The molecule has 0 saturated carbocycles. The van der Waals surface area contributed by atoms with E-state index in [1.165, 1.54) is 27.1 Å². The van der Waals surface area contributed by atoms with E-state index in [-0.39, 0.29) is 22.8 Å². The van der Waals surface area contributed by atoms with Crippen LogP contribution in [0.25, 0.3) is 11.1 Å². The molecule has 0 N–H and O–H groups in total. The van der Waals surface area contributed by atoms with Crippen LogP contribution >= 0.6 is 0 Å². The van der Waals surface area contributed by atoms with E-state index in [1.807, 2.05) is 6.92 Å². The molecule has 0 amide bonds. The lowest BCUT2D eigenvalue weighted by atomic mass is 10.1. The summed E-state index contributed by atoms with van der Waals surface area (Å²) in [5, 5.41) is 0. The van der Waals surface area contributed by atoms with Gasteiger partial charge in [0.1, 0.15) is 5.75 Å². The molecule has 30 heavy (non-hydrogen) atoms. The number of ketones is 1. The molecule has 1 fully saturated rings. The molecule has 2 heterocycles. The number of hydrogen-bond donors (Lipinski definition) is 0. The average Bonchev–Trinajstić information content (AvgIpc) is 3.37. The molecule has 1 saturated heterocycles. The minimum atomic E-state index is -3.63. The van der Waals surface area contributed by atoms with Gasteiger partial charge in [0.15, 0.2) is 11.4 Å². The summed E-state index contributed by atoms with van der Waals surface area (Å²) < 4.78 is 38.9. The van der Waals surface area contributed by atoms with Gasteiger partial charge < -0.3 is 9.15 Å². The highest BCUT2D eigenvalue weighted by atomic mass is 32.2. The third-order valence-electron chi connectivity index (χ3n) is 5.13. The Kier molecular flexibility index (Phi) is 5.48. The largest absolute Gasteiger partial charge is 0.493 e. The molecule has 9 heteroatoms. The van der Waals surface area contributed by atoms with Gasteiger partial charge in [0, 0.05) is 19.2 Å². The third kappa shape index (κ3) is 3.66. The number of Topliss-reactive ketones (excluding diaryl/α,β-unsaturated/α-hetero) is 1. The van der Waals surface area contributed by atoms with Crippen molar-refractivity contribution in [2.24, 2.45) is 0 Å². The first-order valence-electron chi connectivity index (χ1n) is 9.80. The Morgan fingerprint density at radius 1 is 1.13 bits per heavy atom. The number of carbonyl (C=O) groups excluding carboxylic acids is 1. The van der Waals surface area contributed by atoms with Crippen LogP contribution in [0.2, 0.25) is 0 Å². The summed E-state index contributed by atoms with van der Waals surface area (Å²) in [6.45, 7) is 2.96. The first kappa shape index (κ1) is 20.4. The van der Waals surface area contributed by atoms with Gasteiger partial charge in [-0.1, -0.05) is 12.1 Å². The molecule has 0 unspecified atom stereocenters. The fraction of sp³-hybridized carbons (Fsp3) is 0.333. The zero-order valence-corrected chi connectivity index (χ0v) is 17.4. The van der Waals surface area contributed by atoms with Crippen molar-refractivity contribution in [1.82, 2.24) is 8.87 Å². The minimum absolute atomic E-state index is 0.0748. The van der Waals surface area contributed by atoms with E-state index in [2.05, 4.69) is 0 Å². The fourth-order valence-electron chi connectivity index (χ4n) is 3.64. The number of oxazole rings is 1. The molecular formula is C21H22N2O6S. The molecule has 3 aromatic rings. The van der Waals surface area contributed by atoms with Gasteiger partial charge in [0.05, 0.1) is 29.1 Å². The molecule has 1 aromatic heterocycles. The van der Waals surface area contributed by atoms with Crippen molar-refractivity contribution in [2.75, 3.05) is 19.7 Å². The molecule has 0 aliphatic carbocycles. The summed E-state index contributed by atoms with van der Waals surface area (Å²) in [7, 11) is -3.63. The van der Waals surface area contributed by atoms with Gasteiger partial charge in [-0.15, -0.1) is 0 Å². The van der Waals surface area contributed by atoms with Crippen molar-refractivity contribution < 1.29 is 22.4 Å². The van der Waals surface area contributed by atoms with Gasteiger partial charge in [-0.05, 0) is 44.0 Å². The maximum Gasteiger partial charge on any atom is 0.420 e. The van der Waals surface area contributed by atoms with Crippen LogP contribution in [0.3, 0.4) is 0 Å². The summed E-state index contributed by atoms with van der Waals surface area (Å²) in [5.74, 6) is -0.578.